The topological polar surface area (TPSA) is 170 Å². The minimum atomic E-state index is -0.977. The predicted molar refractivity (Wildman–Crippen MR) is 246 cm³/mol. The number of fused-ring (bicyclic) bond motifs is 7. The molecule has 8 aromatic carbocycles. The standard InChI is InChI=1S/C54H44O12/c55-41-23-21-37-47-39(25-43(57)49(37)51(41)63-29-35-17-9-3-10-18-35)53(59)65-31-45(61-27-33-13-5-1-6-14-33)46(62-28-34-15-7-2-8-16-34)32-66-54(60)40-26-44(58)50-38(48(40)47)22-24-42(56)52(50)64-30-36-19-11-4-12-20-36/h1-26,45-46,55-58H,27-32H2/t45-,46+. The van der Waals surface area contributed by atoms with Crippen molar-refractivity contribution in [2.75, 3.05) is 13.2 Å². The fraction of sp³-hybridized carbons (Fsp3) is 0.148. The van der Waals surface area contributed by atoms with Gasteiger partial charge in [-0.2, -0.15) is 0 Å². The van der Waals surface area contributed by atoms with Gasteiger partial charge in [-0.1, -0.05) is 121 Å². The molecule has 66 heavy (non-hydrogen) atoms. The summed E-state index contributed by atoms with van der Waals surface area (Å²) in [5.41, 5.74) is 2.96. The van der Waals surface area contributed by atoms with E-state index in [0.717, 1.165) is 22.3 Å². The molecule has 1 heterocycles. The summed E-state index contributed by atoms with van der Waals surface area (Å²) < 4.78 is 37.4. The third kappa shape index (κ3) is 9.14. The maximum atomic E-state index is 14.8. The van der Waals surface area contributed by atoms with E-state index in [1.165, 1.54) is 36.4 Å². The van der Waals surface area contributed by atoms with Gasteiger partial charge >= 0.3 is 11.9 Å². The molecule has 2 atom stereocenters. The Labute approximate surface area is 379 Å². The molecule has 0 saturated carbocycles. The second-order valence-corrected chi connectivity index (χ2v) is 15.7. The van der Waals surface area contributed by atoms with Crippen molar-refractivity contribution in [1.29, 1.82) is 0 Å². The van der Waals surface area contributed by atoms with Crippen molar-refractivity contribution in [3.8, 4) is 45.6 Å². The fourth-order valence-corrected chi connectivity index (χ4v) is 8.08. The Morgan fingerprint density at radius 1 is 0.424 bits per heavy atom. The van der Waals surface area contributed by atoms with E-state index in [-0.39, 0.29) is 106 Å². The van der Waals surface area contributed by atoms with Crippen LogP contribution >= 0.6 is 0 Å². The highest BCUT2D eigenvalue weighted by Gasteiger charge is 2.34. The molecule has 0 spiro atoms. The number of esters is 2. The van der Waals surface area contributed by atoms with Crippen LogP contribution in [0.3, 0.4) is 0 Å². The molecular formula is C54H44O12. The number of aromatic hydroxyl groups is 4. The van der Waals surface area contributed by atoms with Crippen molar-refractivity contribution < 1.29 is 58.4 Å². The monoisotopic (exact) mass is 884 g/mol. The van der Waals surface area contributed by atoms with E-state index in [1.54, 1.807) is 0 Å². The van der Waals surface area contributed by atoms with Crippen LogP contribution in [-0.2, 0) is 45.4 Å². The highest BCUT2D eigenvalue weighted by atomic mass is 16.6. The van der Waals surface area contributed by atoms with E-state index in [0.29, 0.717) is 0 Å². The van der Waals surface area contributed by atoms with Crippen molar-refractivity contribution in [1.82, 2.24) is 0 Å². The van der Waals surface area contributed by atoms with E-state index in [9.17, 15) is 30.0 Å². The van der Waals surface area contributed by atoms with Crippen LogP contribution in [0.2, 0.25) is 0 Å². The summed E-state index contributed by atoms with van der Waals surface area (Å²) >= 11 is 0. The zero-order valence-electron chi connectivity index (χ0n) is 35.5. The van der Waals surface area contributed by atoms with Crippen molar-refractivity contribution in [3.05, 3.63) is 191 Å². The summed E-state index contributed by atoms with van der Waals surface area (Å²) in [5, 5.41) is 46.7. The lowest BCUT2D eigenvalue weighted by Gasteiger charge is -2.29. The number of rotatable bonds is 12. The number of carbonyl (C=O) groups excluding carboxylic acids is 2. The molecule has 0 aromatic heterocycles. The van der Waals surface area contributed by atoms with E-state index in [4.69, 9.17) is 28.4 Å². The van der Waals surface area contributed by atoms with Crippen molar-refractivity contribution in [3.63, 3.8) is 0 Å². The summed E-state index contributed by atoms with van der Waals surface area (Å²) in [6, 6.07) is 45.2. The number of hydrogen-bond donors (Lipinski definition) is 4. The average Bonchev–Trinajstić information content (AvgIpc) is 3.34. The maximum absolute atomic E-state index is 14.8. The number of carbonyl (C=O) groups is 2. The molecule has 0 bridgehead atoms. The van der Waals surface area contributed by atoms with Gasteiger partial charge in [0.05, 0.1) is 35.1 Å². The second kappa shape index (κ2) is 19.4. The molecule has 0 fully saturated rings. The SMILES string of the molecule is O=C1OC[C@H](OCc2ccccc2)[C@H](OCc2ccccc2)COC(=O)c2cc(O)c3c(OCc4ccccc4)c(O)ccc3c2-c2c1cc(O)c1c(OCc3ccccc3)c(O)ccc21. The van der Waals surface area contributed by atoms with Gasteiger partial charge in [-0.3, -0.25) is 0 Å². The van der Waals surface area contributed by atoms with Crippen molar-refractivity contribution in [2.45, 2.75) is 38.6 Å². The summed E-state index contributed by atoms with van der Waals surface area (Å²) in [7, 11) is 0. The Morgan fingerprint density at radius 2 is 0.758 bits per heavy atom. The molecule has 0 saturated heterocycles. The Hall–Kier alpha value is -8.06. The number of ether oxygens (including phenoxy) is 6. The third-order valence-corrected chi connectivity index (χ3v) is 11.4. The smallest absolute Gasteiger partial charge is 0.339 e. The molecule has 12 heteroatoms. The Balaban J connectivity index is 1.23. The van der Waals surface area contributed by atoms with Crippen LogP contribution in [0.15, 0.2) is 158 Å². The molecule has 0 radical (unpaired) electrons. The first-order valence-electron chi connectivity index (χ1n) is 21.3. The molecule has 1 aliphatic rings. The molecular weight excluding hydrogens is 841 g/mol. The average molecular weight is 885 g/mol. The molecule has 0 aliphatic carbocycles. The first kappa shape index (κ1) is 43.2. The van der Waals surface area contributed by atoms with Crippen LogP contribution in [0.25, 0.3) is 32.7 Å². The van der Waals surface area contributed by atoms with Crippen LogP contribution in [-0.4, -0.2) is 57.8 Å². The van der Waals surface area contributed by atoms with E-state index in [1.807, 2.05) is 121 Å². The first-order valence-corrected chi connectivity index (χ1v) is 21.3. The quantitative estimate of drug-likeness (QED) is 0.0858. The van der Waals surface area contributed by atoms with Crippen LogP contribution in [0, 0.1) is 0 Å². The lowest BCUT2D eigenvalue weighted by molar-refractivity contribution is -0.122. The zero-order valence-corrected chi connectivity index (χ0v) is 35.5. The van der Waals surface area contributed by atoms with Crippen LogP contribution in [0.5, 0.6) is 34.5 Å². The third-order valence-electron chi connectivity index (χ3n) is 11.4. The number of phenolic OH excluding ortho intramolecular Hbond substituents is 4. The molecule has 12 nitrogen and oxygen atoms in total. The van der Waals surface area contributed by atoms with Gasteiger partial charge in [0.2, 0.25) is 0 Å². The van der Waals surface area contributed by atoms with Gasteiger partial charge in [0.1, 0.15) is 50.1 Å². The fourth-order valence-electron chi connectivity index (χ4n) is 8.08. The summed E-state index contributed by atoms with van der Waals surface area (Å²) in [6.45, 7) is -0.517. The van der Waals surface area contributed by atoms with Gasteiger partial charge in [-0.05, 0) is 69.4 Å². The van der Waals surface area contributed by atoms with Crippen molar-refractivity contribution >= 4 is 33.5 Å². The van der Waals surface area contributed by atoms with Crippen LogP contribution < -0.4 is 9.47 Å². The Morgan fingerprint density at radius 3 is 1.11 bits per heavy atom. The number of hydrogen-bond acceptors (Lipinski definition) is 12. The summed E-state index contributed by atoms with van der Waals surface area (Å²) in [4.78, 5) is 29.6. The molecule has 4 N–H and O–H groups in total. The van der Waals surface area contributed by atoms with Gasteiger partial charge in [0.15, 0.2) is 23.0 Å². The van der Waals surface area contributed by atoms with Crippen molar-refractivity contribution in [2.24, 2.45) is 0 Å². The van der Waals surface area contributed by atoms with Crippen LogP contribution in [0.4, 0.5) is 0 Å². The normalized spacial score (nSPS) is 15.2. The Kier molecular flexibility index (Phi) is 12.7. The highest BCUT2D eigenvalue weighted by molar-refractivity contribution is 6.21. The maximum Gasteiger partial charge on any atom is 0.339 e. The van der Waals surface area contributed by atoms with Gasteiger partial charge in [0.25, 0.3) is 0 Å². The minimum absolute atomic E-state index is 0.00503. The van der Waals surface area contributed by atoms with Gasteiger partial charge in [-0.25, -0.2) is 9.59 Å². The predicted octanol–water partition coefficient (Wildman–Crippen LogP) is 10.1. The van der Waals surface area contributed by atoms with Gasteiger partial charge < -0.3 is 48.8 Å². The van der Waals surface area contributed by atoms with Crippen LogP contribution in [0.1, 0.15) is 43.0 Å². The first-order chi connectivity index (χ1) is 32.2. The zero-order chi connectivity index (χ0) is 45.6. The Bertz CT molecular complexity index is 2810. The second-order valence-electron chi connectivity index (χ2n) is 15.7. The van der Waals surface area contributed by atoms with Gasteiger partial charge in [-0.15, -0.1) is 0 Å². The molecule has 9 rings (SSSR count). The highest BCUT2D eigenvalue weighted by Crippen LogP contribution is 2.51. The van der Waals surface area contributed by atoms with E-state index in [2.05, 4.69) is 0 Å². The molecule has 0 amide bonds. The lowest BCUT2D eigenvalue weighted by atomic mass is 9.85. The molecule has 8 aromatic rings. The minimum Gasteiger partial charge on any atom is -0.507 e. The lowest BCUT2D eigenvalue weighted by Crippen LogP contribution is -2.40. The van der Waals surface area contributed by atoms with Gasteiger partial charge in [0, 0.05) is 11.1 Å². The molecule has 1 aliphatic heterocycles. The summed E-state index contributed by atoms with van der Waals surface area (Å²) in [6.07, 6.45) is -1.95. The largest absolute Gasteiger partial charge is 0.507 e. The summed E-state index contributed by atoms with van der Waals surface area (Å²) in [5.74, 6) is -3.49. The molecule has 0 unspecified atom stereocenters. The van der Waals surface area contributed by atoms with E-state index < -0.39 is 35.6 Å². The molecule has 332 valence electrons. The number of benzene rings is 8. The number of phenols is 4. The van der Waals surface area contributed by atoms with E-state index >= 15 is 0 Å². The number of cyclic esters (lactones) is 2.